The number of hydrogen-bond acceptors (Lipinski definition) is 5. The third-order valence-corrected chi connectivity index (χ3v) is 4.57. The van der Waals surface area contributed by atoms with Crippen molar-refractivity contribution < 1.29 is 4.79 Å². The summed E-state index contributed by atoms with van der Waals surface area (Å²) in [7, 11) is 0. The zero-order valence-corrected chi connectivity index (χ0v) is 13.7. The van der Waals surface area contributed by atoms with Gasteiger partial charge in [0.15, 0.2) is 5.82 Å². The summed E-state index contributed by atoms with van der Waals surface area (Å²) >= 11 is 0. The lowest BCUT2D eigenvalue weighted by Crippen LogP contribution is -2.24. The second-order valence-electron chi connectivity index (χ2n) is 6.19. The van der Waals surface area contributed by atoms with E-state index in [0.29, 0.717) is 12.2 Å². The Hall–Kier alpha value is -3.61. The highest BCUT2D eigenvalue weighted by atomic mass is 16.1. The van der Waals surface area contributed by atoms with Gasteiger partial charge in [0.2, 0.25) is 5.91 Å². The van der Waals surface area contributed by atoms with Gasteiger partial charge in [0.25, 0.3) is 0 Å². The Kier molecular flexibility index (Phi) is 3.24. The van der Waals surface area contributed by atoms with Crippen LogP contribution in [0.25, 0.3) is 22.3 Å². The van der Waals surface area contributed by atoms with Crippen molar-refractivity contribution >= 4 is 22.8 Å². The van der Waals surface area contributed by atoms with Crippen molar-refractivity contribution in [3.63, 3.8) is 0 Å². The Bertz CT molecular complexity index is 1120. The van der Waals surface area contributed by atoms with Crippen LogP contribution in [-0.2, 0) is 4.79 Å². The van der Waals surface area contributed by atoms with Gasteiger partial charge in [0.1, 0.15) is 0 Å². The van der Waals surface area contributed by atoms with Crippen LogP contribution in [0, 0.1) is 0 Å². The summed E-state index contributed by atoms with van der Waals surface area (Å²) < 4.78 is 0. The highest BCUT2D eigenvalue weighted by Gasteiger charge is 2.33. The van der Waals surface area contributed by atoms with Crippen LogP contribution in [0.4, 0.5) is 5.82 Å². The van der Waals surface area contributed by atoms with Gasteiger partial charge in [-0.1, -0.05) is 12.1 Å². The number of pyridine rings is 1. The number of benzene rings is 1. The van der Waals surface area contributed by atoms with Crippen LogP contribution in [0.3, 0.4) is 0 Å². The van der Waals surface area contributed by atoms with Gasteiger partial charge in [-0.05, 0) is 24.3 Å². The highest BCUT2D eigenvalue weighted by molar-refractivity contribution is 5.96. The van der Waals surface area contributed by atoms with Crippen LogP contribution < -0.4 is 5.32 Å². The van der Waals surface area contributed by atoms with Gasteiger partial charge in [-0.25, -0.2) is 4.98 Å². The summed E-state index contributed by atoms with van der Waals surface area (Å²) in [5, 5.41) is 10.2. The predicted octanol–water partition coefficient (Wildman–Crippen LogP) is 2.89. The molecule has 0 saturated carbocycles. The molecular formula is C19H14N6O. The van der Waals surface area contributed by atoms with Crippen molar-refractivity contribution in [1.82, 2.24) is 25.1 Å². The topological polar surface area (TPSA) is 96.5 Å². The van der Waals surface area contributed by atoms with E-state index in [1.165, 1.54) is 0 Å². The molecule has 1 aliphatic rings. The van der Waals surface area contributed by atoms with Crippen LogP contribution >= 0.6 is 0 Å². The van der Waals surface area contributed by atoms with Crippen molar-refractivity contribution in [2.75, 3.05) is 5.32 Å². The first-order valence-corrected chi connectivity index (χ1v) is 8.30. The fraction of sp³-hybridized carbons (Fsp3) is 0.105. The zero-order chi connectivity index (χ0) is 17.5. The molecule has 1 aliphatic heterocycles. The number of hydrogen-bond donors (Lipinski definition) is 2. The van der Waals surface area contributed by atoms with E-state index in [2.05, 4.69) is 25.5 Å². The van der Waals surface area contributed by atoms with E-state index in [-0.39, 0.29) is 11.8 Å². The average Bonchev–Trinajstić information content (AvgIpc) is 3.11. The lowest BCUT2D eigenvalue weighted by Gasteiger charge is -2.22. The van der Waals surface area contributed by atoms with Crippen LogP contribution in [0.15, 0.2) is 55.0 Å². The predicted molar refractivity (Wildman–Crippen MR) is 96.4 cm³/mol. The number of H-pyrrole nitrogens is 1. The molecule has 0 unspecified atom stereocenters. The molecule has 0 bridgehead atoms. The number of amides is 1. The van der Waals surface area contributed by atoms with Crippen molar-refractivity contribution in [1.29, 1.82) is 0 Å². The van der Waals surface area contributed by atoms with Gasteiger partial charge < -0.3 is 5.32 Å². The molecule has 5 rings (SSSR count). The number of carbonyl (C=O) groups excluding carboxylic acids is 1. The molecule has 0 aliphatic carbocycles. The number of para-hydroxylation sites is 2. The first-order valence-electron chi connectivity index (χ1n) is 8.30. The third kappa shape index (κ3) is 2.33. The Labute approximate surface area is 148 Å². The van der Waals surface area contributed by atoms with Crippen molar-refractivity contribution in [3.05, 3.63) is 66.2 Å². The van der Waals surface area contributed by atoms with Crippen LogP contribution in [0.2, 0.25) is 0 Å². The molecule has 1 amide bonds. The molecule has 26 heavy (non-hydrogen) atoms. The molecule has 3 aromatic heterocycles. The smallest absolute Gasteiger partial charge is 0.226 e. The number of fused-ring (bicyclic) bond motifs is 2. The summed E-state index contributed by atoms with van der Waals surface area (Å²) in [5.41, 5.74) is 5.07. The lowest BCUT2D eigenvalue weighted by atomic mass is 9.88. The molecule has 7 nitrogen and oxygen atoms in total. The molecular weight excluding hydrogens is 328 g/mol. The molecule has 4 heterocycles. The minimum absolute atomic E-state index is 0.0818. The molecule has 1 atom stereocenters. The largest absolute Gasteiger partial charge is 0.309 e. The second kappa shape index (κ2) is 5.73. The van der Waals surface area contributed by atoms with E-state index in [1.807, 2.05) is 36.4 Å². The number of carbonyl (C=O) groups is 1. The third-order valence-electron chi connectivity index (χ3n) is 4.57. The Morgan fingerprint density at radius 1 is 1.04 bits per heavy atom. The van der Waals surface area contributed by atoms with Gasteiger partial charge in [0, 0.05) is 42.1 Å². The number of rotatable bonds is 2. The van der Waals surface area contributed by atoms with Gasteiger partial charge in [-0.15, -0.1) is 0 Å². The molecule has 2 N–H and O–H groups in total. The average molecular weight is 342 g/mol. The Morgan fingerprint density at radius 3 is 2.77 bits per heavy atom. The van der Waals surface area contributed by atoms with Crippen molar-refractivity contribution in [2.24, 2.45) is 0 Å². The molecule has 0 radical (unpaired) electrons. The van der Waals surface area contributed by atoms with Gasteiger partial charge in [-0.2, -0.15) is 5.10 Å². The fourth-order valence-corrected chi connectivity index (χ4v) is 3.38. The number of aromatic amines is 1. The lowest BCUT2D eigenvalue weighted by molar-refractivity contribution is -0.116. The minimum Gasteiger partial charge on any atom is -0.309 e. The minimum atomic E-state index is -0.218. The highest BCUT2D eigenvalue weighted by Crippen LogP contribution is 2.40. The summed E-state index contributed by atoms with van der Waals surface area (Å²) in [6.45, 7) is 0. The van der Waals surface area contributed by atoms with Crippen molar-refractivity contribution in [3.8, 4) is 11.3 Å². The first kappa shape index (κ1) is 14.7. The number of aromatic nitrogens is 5. The van der Waals surface area contributed by atoms with E-state index >= 15 is 0 Å². The Morgan fingerprint density at radius 2 is 1.92 bits per heavy atom. The van der Waals surface area contributed by atoms with Crippen LogP contribution in [0.5, 0.6) is 0 Å². The maximum Gasteiger partial charge on any atom is 0.226 e. The molecule has 0 spiro atoms. The maximum atomic E-state index is 12.2. The number of nitrogens with zero attached hydrogens (tertiary/aromatic N) is 4. The van der Waals surface area contributed by atoms with Crippen molar-refractivity contribution in [2.45, 2.75) is 12.3 Å². The summed E-state index contributed by atoms with van der Waals surface area (Å²) in [5.74, 6) is 0.242. The molecule has 0 fully saturated rings. The number of nitrogens with one attached hydrogen (secondary N) is 2. The van der Waals surface area contributed by atoms with E-state index < -0.39 is 0 Å². The Balaban J connectivity index is 1.68. The normalized spacial score (nSPS) is 16.3. The SMILES string of the molecule is O=C1C[C@H](c2cnc3ccccc3n2)c2c(n[nH]c2-c2cccnc2)N1. The number of anilines is 1. The van der Waals surface area contributed by atoms with Crippen LogP contribution in [-0.4, -0.2) is 31.1 Å². The van der Waals surface area contributed by atoms with Gasteiger partial charge in [-0.3, -0.25) is 19.9 Å². The van der Waals surface area contributed by atoms with Crippen LogP contribution in [0.1, 0.15) is 23.6 Å². The molecule has 4 aromatic rings. The fourth-order valence-electron chi connectivity index (χ4n) is 3.38. The molecule has 7 heteroatoms. The van der Waals surface area contributed by atoms with Gasteiger partial charge in [0.05, 0.1) is 22.4 Å². The quantitative estimate of drug-likeness (QED) is 0.584. The standard InChI is InChI=1S/C19H14N6O/c26-16-8-12(15-10-21-13-5-1-2-6-14(13)22-15)17-18(24-25-19(17)23-16)11-4-3-7-20-9-11/h1-7,9-10,12H,8H2,(H2,23,24,25,26)/t12-/m1/s1. The van der Waals surface area contributed by atoms with E-state index in [9.17, 15) is 4.79 Å². The molecule has 1 aromatic carbocycles. The summed E-state index contributed by atoms with van der Waals surface area (Å²) in [4.78, 5) is 25.6. The summed E-state index contributed by atoms with van der Waals surface area (Å²) in [6, 6.07) is 11.5. The first-order chi connectivity index (χ1) is 12.8. The second-order valence-corrected chi connectivity index (χ2v) is 6.19. The van der Waals surface area contributed by atoms with Gasteiger partial charge >= 0.3 is 0 Å². The maximum absolute atomic E-state index is 12.2. The molecule has 126 valence electrons. The van der Waals surface area contributed by atoms with E-state index in [1.54, 1.807) is 18.6 Å². The zero-order valence-electron chi connectivity index (χ0n) is 13.7. The van der Waals surface area contributed by atoms with E-state index in [0.717, 1.165) is 33.5 Å². The molecule has 0 saturated heterocycles. The summed E-state index contributed by atoms with van der Waals surface area (Å²) in [6.07, 6.45) is 5.54. The monoisotopic (exact) mass is 342 g/mol. The van der Waals surface area contributed by atoms with E-state index in [4.69, 9.17) is 4.98 Å².